The minimum Gasteiger partial charge on any atom is -0.488 e. The monoisotopic (exact) mass is 347 g/mol. The fourth-order valence-electron chi connectivity index (χ4n) is 2.37. The number of para-hydroxylation sites is 1. The van der Waals surface area contributed by atoms with Crippen LogP contribution in [-0.2, 0) is 6.61 Å². The van der Waals surface area contributed by atoms with Crippen molar-refractivity contribution in [3.8, 4) is 23.2 Å². The molecular weight excluding hydrogens is 334 g/mol. The van der Waals surface area contributed by atoms with Gasteiger partial charge in [-0.1, -0.05) is 24.3 Å². The molecule has 0 bridgehead atoms. The van der Waals surface area contributed by atoms with Gasteiger partial charge in [0.25, 0.3) is 5.56 Å². The molecule has 1 heterocycles. The van der Waals surface area contributed by atoms with E-state index >= 15 is 0 Å². The van der Waals surface area contributed by atoms with E-state index in [2.05, 4.69) is 16.0 Å². The zero-order valence-corrected chi connectivity index (χ0v) is 13.5. The van der Waals surface area contributed by atoms with E-state index in [4.69, 9.17) is 15.1 Å². The predicted molar refractivity (Wildman–Crippen MR) is 92.7 cm³/mol. The molecule has 0 saturated heterocycles. The molecule has 128 valence electrons. The summed E-state index contributed by atoms with van der Waals surface area (Å²) in [6, 6.07) is 16.8. The molecular formula is C19H13N3O4. The maximum absolute atomic E-state index is 11.7. The third kappa shape index (κ3) is 3.76. The number of hydrogen-bond acceptors (Lipinski definition) is 5. The van der Waals surface area contributed by atoms with Gasteiger partial charge < -0.3 is 14.8 Å². The molecule has 3 rings (SSSR count). The topological polar surface area (TPSA) is 116 Å². The molecule has 0 spiro atoms. The number of aromatic amines is 1. The maximum atomic E-state index is 11.7. The van der Waals surface area contributed by atoms with Crippen molar-refractivity contribution in [3.05, 3.63) is 81.8 Å². The van der Waals surface area contributed by atoms with E-state index in [0.717, 1.165) is 11.6 Å². The van der Waals surface area contributed by atoms with Crippen molar-refractivity contribution in [1.82, 2.24) is 9.97 Å². The quantitative estimate of drug-likeness (QED) is 0.733. The number of aromatic carboxylic acids is 1. The molecule has 0 unspecified atom stereocenters. The molecule has 26 heavy (non-hydrogen) atoms. The van der Waals surface area contributed by atoms with E-state index in [1.807, 2.05) is 6.07 Å². The summed E-state index contributed by atoms with van der Waals surface area (Å²) in [6.45, 7) is 0.204. The van der Waals surface area contributed by atoms with Gasteiger partial charge in [-0.2, -0.15) is 5.26 Å². The SMILES string of the molecule is N#Cc1cccc(COc2ccccc2-c2nc(C(=O)O)cc(=O)[nH]2)c1. The lowest BCUT2D eigenvalue weighted by Gasteiger charge is -2.11. The van der Waals surface area contributed by atoms with E-state index in [1.54, 1.807) is 42.5 Å². The predicted octanol–water partition coefficient (Wildman–Crippen LogP) is 2.59. The molecule has 0 atom stereocenters. The van der Waals surface area contributed by atoms with Crippen LogP contribution in [0.1, 0.15) is 21.6 Å². The second-order valence-electron chi connectivity index (χ2n) is 5.38. The normalized spacial score (nSPS) is 10.1. The number of benzene rings is 2. The summed E-state index contributed by atoms with van der Waals surface area (Å²) in [7, 11) is 0. The minimum atomic E-state index is -1.29. The lowest BCUT2D eigenvalue weighted by molar-refractivity contribution is 0.0690. The van der Waals surface area contributed by atoms with Gasteiger partial charge in [0.1, 0.15) is 18.2 Å². The van der Waals surface area contributed by atoms with Gasteiger partial charge in [0, 0.05) is 6.07 Å². The van der Waals surface area contributed by atoms with Gasteiger partial charge in [0.2, 0.25) is 0 Å². The minimum absolute atomic E-state index is 0.108. The maximum Gasteiger partial charge on any atom is 0.354 e. The Morgan fingerprint density at radius 1 is 1.19 bits per heavy atom. The summed E-state index contributed by atoms with van der Waals surface area (Å²) in [5, 5.41) is 18.0. The van der Waals surface area contributed by atoms with Crippen LogP contribution < -0.4 is 10.3 Å². The summed E-state index contributed by atoms with van der Waals surface area (Å²) in [4.78, 5) is 29.3. The van der Waals surface area contributed by atoms with Crippen molar-refractivity contribution in [2.75, 3.05) is 0 Å². The van der Waals surface area contributed by atoms with Crippen LogP contribution in [0.2, 0.25) is 0 Å². The van der Waals surface area contributed by atoms with Crippen LogP contribution in [0, 0.1) is 11.3 Å². The molecule has 0 saturated carbocycles. The Morgan fingerprint density at radius 3 is 2.77 bits per heavy atom. The summed E-state index contributed by atoms with van der Waals surface area (Å²) >= 11 is 0. The van der Waals surface area contributed by atoms with E-state index in [1.165, 1.54) is 0 Å². The Labute approximate surface area is 148 Å². The molecule has 2 aromatic carbocycles. The first-order chi connectivity index (χ1) is 12.6. The molecule has 0 radical (unpaired) electrons. The summed E-state index contributed by atoms with van der Waals surface area (Å²) < 4.78 is 5.80. The Hall–Kier alpha value is -3.92. The standard InChI is InChI=1S/C19H13N3O4/c20-10-12-4-3-5-13(8-12)11-26-16-7-2-1-6-14(16)18-21-15(19(24)25)9-17(23)22-18/h1-9H,11H2,(H,24,25)(H,21,22,23). The molecule has 7 heteroatoms. The lowest BCUT2D eigenvalue weighted by atomic mass is 10.1. The fourth-order valence-corrected chi connectivity index (χ4v) is 2.37. The second kappa shape index (κ2) is 7.32. The number of nitriles is 1. The average Bonchev–Trinajstić information content (AvgIpc) is 2.66. The van der Waals surface area contributed by atoms with E-state index in [9.17, 15) is 9.59 Å². The molecule has 7 nitrogen and oxygen atoms in total. The van der Waals surface area contributed by atoms with Crippen molar-refractivity contribution in [2.24, 2.45) is 0 Å². The average molecular weight is 347 g/mol. The number of H-pyrrole nitrogens is 1. The molecule has 0 amide bonds. The first kappa shape index (κ1) is 16.9. The number of carboxylic acid groups (broad SMARTS) is 1. The Balaban J connectivity index is 1.93. The Kier molecular flexibility index (Phi) is 4.76. The van der Waals surface area contributed by atoms with Gasteiger partial charge in [-0.15, -0.1) is 0 Å². The van der Waals surface area contributed by atoms with Crippen molar-refractivity contribution >= 4 is 5.97 Å². The molecule has 0 aliphatic rings. The zero-order chi connectivity index (χ0) is 18.5. The Bertz CT molecular complexity index is 1070. The number of hydrogen-bond donors (Lipinski definition) is 2. The molecule has 0 aliphatic carbocycles. The summed E-state index contributed by atoms with van der Waals surface area (Å²) in [5.41, 5.74) is 0.882. The number of ether oxygens (including phenoxy) is 1. The second-order valence-corrected chi connectivity index (χ2v) is 5.38. The van der Waals surface area contributed by atoms with Gasteiger partial charge in [-0.25, -0.2) is 9.78 Å². The van der Waals surface area contributed by atoms with Crippen LogP contribution in [0.15, 0.2) is 59.4 Å². The number of nitrogens with zero attached hydrogens (tertiary/aromatic N) is 2. The fraction of sp³-hybridized carbons (Fsp3) is 0.0526. The van der Waals surface area contributed by atoms with Crippen LogP contribution in [-0.4, -0.2) is 21.0 Å². The number of nitrogens with one attached hydrogen (secondary N) is 1. The molecule has 3 aromatic rings. The largest absolute Gasteiger partial charge is 0.488 e. The number of carboxylic acids is 1. The van der Waals surface area contributed by atoms with Gasteiger partial charge in [-0.3, -0.25) is 4.79 Å². The van der Waals surface area contributed by atoms with Crippen molar-refractivity contribution in [1.29, 1.82) is 5.26 Å². The molecule has 2 N–H and O–H groups in total. The van der Waals surface area contributed by atoms with E-state index in [-0.39, 0.29) is 18.1 Å². The van der Waals surface area contributed by atoms with E-state index in [0.29, 0.717) is 16.9 Å². The lowest BCUT2D eigenvalue weighted by Crippen LogP contribution is -2.14. The smallest absolute Gasteiger partial charge is 0.354 e. The third-order valence-corrected chi connectivity index (χ3v) is 3.55. The van der Waals surface area contributed by atoms with Crippen LogP contribution >= 0.6 is 0 Å². The molecule has 0 fully saturated rings. The highest BCUT2D eigenvalue weighted by Crippen LogP contribution is 2.27. The van der Waals surface area contributed by atoms with Crippen molar-refractivity contribution in [2.45, 2.75) is 6.61 Å². The van der Waals surface area contributed by atoms with Gasteiger partial charge in [0.05, 0.1) is 17.2 Å². The molecule has 0 aliphatic heterocycles. The van der Waals surface area contributed by atoms with Crippen LogP contribution in [0.25, 0.3) is 11.4 Å². The summed E-state index contributed by atoms with van der Waals surface area (Å²) in [5.74, 6) is -0.749. The van der Waals surface area contributed by atoms with Crippen molar-refractivity contribution < 1.29 is 14.6 Å². The first-order valence-corrected chi connectivity index (χ1v) is 7.63. The zero-order valence-electron chi connectivity index (χ0n) is 13.5. The third-order valence-electron chi connectivity index (χ3n) is 3.55. The number of aromatic nitrogens is 2. The highest BCUT2D eigenvalue weighted by Gasteiger charge is 2.13. The van der Waals surface area contributed by atoms with Gasteiger partial charge >= 0.3 is 5.97 Å². The van der Waals surface area contributed by atoms with Gasteiger partial charge in [-0.05, 0) is 29.8 Å². The number of rotatable bonds is 5. The number of carbonyl (C=O) groups is 1. The molecule has 1 aromatic heterocycles. The van der Waals surface area contributed by atoms with Gasteiger partial charge in [0.15, 0.2) is 5.69 Å². The van der Waals surface area contributed by atoms with Crippen molar-refractivity contribution in [3.63, 3.8) is 0 Å². The highest BCUT2D eigenvalue weighted by atomic mass is 16.5. The first-order valence-electron chi connectivity index (χ1n) is 7.63. The Morgan fingerprint density at radius 2 is 2.00 bits per heavy atom. The van der Waals surface area contributed by atoms with E-state index < -0.39 is 11.5 Å². The van der Waals surface area contributed by atoms with Crippen LogP contribution in [0.3, 0.4) is 0 Å². The van der Waals surface area contributed by atoms with Crippen LogP contribution in [0.4, 0.5) is 0 Å². The highest BCUT2D eigenvalue weighted by molar-refractivity contribution is 5.85. The summed E-state index contributed by atoms with van der Waals surface area (Å²) in [6.07, 6.45) is 0. The van der Waals surface area contributed by atoms with Crippen LogP contribution in [0.5, 0.6) is 5.75 Å².